The van der Waals surface area contributed by atoms with Gasteiger partial charge in [-0.15, -0.1) is 11.3 Å². The minimum atomic E-state index is -0.443. The Kier molecular flexibility index (Phi) is 3.26. The molecule has 3 aromatic rings. The number of hydrogen-bond acceptors (Lipinski definition) is 5. The van der Waals surface area contributed by atoms with Crippen molar-refractivity contribution in [2.24, 2.45) is 0 Å². The highest BCUT2D eigenvalue weighted by molar-refractivity contribution is 7.23. The van der Waals surface area contributed by atoms with Gasteiger partial charge in [0.15, 0.2) is 0 Å². The Labute approximate surface area is 124 Å². The van der Waals surface area contributed by atoms with E-state index < -0.39 is 4.92 Å². The molecule has 0 radical (unpaired) electrons. The lowest BCUT2D eigenvalue weighted by Crippen LogP contribution is -1.96. The number of rotatable bonds is 3. The average molecular weight is 295 g/mol. The zero-order chi connectivity index (χ0) is 14.8. The second-order valence-electron chi connectivity index (χ2n) is 4.31. The molecule has 0 aliphatic heterocycles. The van der Waals surface area contributed by atoms with E-state index in [1.165, 1.54) is 17.4 Å². The number of nitro benzene ring substituents is 1. The minimum Gasteiger partial charge on any atom is -0.341 e. The number of fused-ring (bicyclic) bond motifs is 1. The number of hydrogen-bond donors (Lipinski definition) is 1. The van der Waals surface area contributed by atoms with Gasteiger partial charge in [0.1, 0.15) is 16.8 Å². The largest absolute Gasteiger partial charge is 0.341 e. The van der Waals surface area contributed by atoms with E-state index in [0.717, 1.165) is 10.1 Å². The van der Waals surface area contributed by atoms with E-state index in [0.29, 0.717) is 16.3 Å². The van der Waals surface area contributed by atoms with Crippen molar-refractivity contribution >= 4 is 37.8 Å². The van der Waals surface area contributed by atoms with Crippen LogP contribution in [0, 0.1) is 21.4 Å². The molecule has 0 spiro atoms. The summed E-state index contributed by atoms with van der Waals surface area (Å²) in [5, 5.41) is 24.9. The molecule has 5 nitrogen and oxygen atoms in total. The van der Waals surface area contributed by atoms with Crippen LogP contribution in [0.5, 0.6) is 0 Å². The van der Waals surface area contributed by atoms with Gasteiger partial charge in [0.25, 0.3) is 5.69 Å². The SMILES string of the molecule is N#Cc1c(Nc2ccccc2[N+](=O)[O-])sc2ccccc12. The van der Waals surface area contributed by atoms with Gasteiger partial charge >= 0.3 is 0 Å². The number of benzene rings is 2. The fraction of sp³-hybridized carbons (Fsp3) is 0. The molecule has 3 rings (SSSR count). The van der Waals surface area contributed by atoms with Gasteiger partial charge in [-0.25, -0.2) is 0 Å². The first-order chi connectivity index (χ1) is 10.2. The van der Waals surface area contributed by atoms with Crippen molar-refractivity contribution in [1.29, 1.82) is 5.26 Å². The van der Waals surface area contributed by atoms with Crippen molar-refractivity contribution in [2.75, 3.05) is 5.32 Å². The zero-order valence-electron chi connectivity index (χ0n) is 10.7. The van der Waals surface area contributed by atoms with Crippen molar-refractivity contribution in [3.8, 4) is 6.07 Å². The summed E-state index contributed by atoms with van der Waals surface area (Å²) in [6, 6.07) is 16.1. The summed E-state index contributed by atoms with van der Waals surface area (Å²) in [5.41, 5.74) is 0.873. The Morgan fingerprint density at radius 2 is 1.86 bits per heavy atom. The van der Waals surface area contributed by atoms with Crippen LogP contribution >= 0.6 is 11.3 Å². The summed E-state index contributed by atoms with van der Waals surface area (Å²) in [6.45, 7) is 0. The average Bonchev–Trinajstić information content (AvgIpc) is 2.84. The second-order valence-corrected chi connectivity index (χ2v) is 5.37. The molecule has 102 valence electrons. The van der Waals surface area contributed by atoms with Crippen molar-refractivity contribution in [3.05, 3.63) is 64.2 Å². The molecule has 0 fully saturated rings. The van der Waals surface area contributed by atoms with Crippen molar-refractivity contribution in [1.82, 2.24) is 0 Å². The molecule has 0 unspecified atom stereocenters. The van der Waals surface area contributed by atoms with E-state index in [-0.39, 0.29) is 5.69 Å². The Morgan fingerprint density at radius 3 is 2.62 bits per heavy atom. The molecule has 6 heteroatoms. The monoisotopic (exact) mass is 295 g/mol. The van der Waals surface area contributed by atoms with Crippen LogP contribution in [0.1, 0.15) is 5.56 Å². The smallest absolute Gasteiger partial charge is 0.292 e. The van der Waals surface area contributed by atoms with Crippen LogP contribution in [0.3, 0.4) is 0 Å². The fourth-order valence-corrected chi connectivity index (χ4v) is 3.17. The van der Waals surface area contributed by atoms with Crippen LogP contribution in [0.4, 0.5) is 16.4 Å². The predicted octanol–water partition coefficient (Wildman–Crippen LogP) is 4.42. The number of nitrogens with one attached hydrogen (secondary N) is 1. The molecule has 21 heavy (non-hydrogen) atoms. The molecule has 0 aliphatic carbocycles. The normalized spacial score (nSPS) is 10.2. The van der Waals surface area contributed by atoms with Gasteiger partial charge in [-0.2, -0.15) is 5.26 Å². The van der Waals surface area contributed by atoms with E-state index in [2.05, 4.69) is 11.4 Å². The molecule has 2 aromatic carbocycles. The number of nitriles is 1. The molecule has 0 atom stereocenters. The Morgan fingerprint density at radius 1 is 1.14 bits per heavy atom. The third-order valence-corrected chi connectivity index (χ3v) is 4.14. The van der Waals surface area contributed by atoms with Crippen molar-refractivity contribution < 1.29 is 4.92 Å². The maximum Gasteiger partial charge on any atom is 0.292 e. The molecule has 1 heterocycles. The summed E-state index contributed by atoms with van der Waals surface area (Å²) >= 11 is 1.41. The molecular formula is C15H9N3O2S. The van der Waals surface area contributed by atoms with Crippen molar-refractivity contribution in [3.63, 3.8) is 0 Å². The van der Waals surface area contributed by atoms with E-state index in [4.69, 9.17) is 0 Å². The van der Waals surface area contributed by atoms with Gasteiger partial charge in [0, 0.05) is 16.2 Å². The predicted molar refractivity (Wildman–Crippen MR) is 82.9 cm³/mol. The molecule has 0 amide bonds. The molecule has 0 saturated heterocycles. The van der Waals surface area contributed by atoms with Crippen LogP contribution < -0.4 is 5.32 Å². The lowest BCUT2D eigenvalue weighted by atomic mass is 10.2. The van der Waals surface area contributed by atoms with Crippen LogP contribution in [0.15, 0.2) is 48.5 Å². The first-order valence-electron chi connectivity index (χ1n) is 6.13. The molecular weight excluding hydrogens is 286 g/mol. The maximum absolute atomic E-state index is 11.0. The topological polar surface area (TPSA) is 79.0 Å². The van der Waals surface area contributed by atoms with Crippen LogP contribution in [0.25, 0.3) is 10.1 Å². The summed E-state index contributed by atoms with van der Waals surface area (Å²) in [7, 11) is 0. The quantitative estimate of drug-likeness (QED) is 0.573. The fourth-order valence-electron chi connectivity index (χ4n) is 2.11. The van der Waals surface area contributed by atoms with Crippen LogP contribution in [-0.2, 0) is 0 Å². The van der Waals surface area contributed by atoms with E-state index in [9.17, 15) is 15.4 Å². The van der Waals surface area contributed by atoms with Crippen LogP contribution in [-0.4, -0.2) is 4.92 Å². The summed E-state index contributed by atoms with van der Waals surface area (Å²) < 4.78 is 0.968. The highest BCUT2D eigenvalue weighted by Gasteiger charge is 2.16. The number of thiophene rings is 1. The zero-order valence-corrected chi connectivity index (χ0v) is 11.6. The lowest BCUT2D eigenvalue weighted by Gasteiger charge is -2.04. The molecule has 1 N–H and O–H groups in total. The summed E-state index contributed by atoms with van der Waals surface area (Å²) in [4.78, 5) is 10.6. The first kappa shape index (κ1) is 13.1. The van der Waals surface area contributed by atoms with E-state index in [1.807, 2.05) is 24.3 Å². The number of para-hydroxylation sites is 2. The standard InChI is InChI=1S/C15H9N3O2S/c16-9-11-10-5-1-4-8-14(10)21-15(11)17-12-6-2-3-7-13(12)18(19)20/h1-8,17H. The van der Waals surface area contributed by atoms with Gasteiger partial charge in [0.05, 0.1) is 10.5 Å². The highest BCUT2D eigenvalue weighted by Crippen LogP contribution is 2.38. The third kappa shape index (κ3) is 2.30. The maximum atomic E-state index is 11.0. The Balaban J connectivity index is 2.11. The van der Waals surface area contributed by atoms with Crippen molar-refractivity contribution in [2.45, 2.75) is 0 Å². The van der Waals surface area contributed by atoms with Gasteiger partial charge in [-0.05, 0) is 12.1 Å². The minimum absolute atomic E-state index is 0.0150. The Hall–Kier alpha value is -2.91. The summed E-state index contributed by atoms with van der Waals surface area (Å²) in [6.07, 6.45) is 0. The van der Waals surface area contributed by atoms with Gasteiger partial charge < -0.3 is 5.32 Å². The van der Waals surface area contributed by atoms with Gasteiger partial charge in [-0.1, -0.05) is 30.3 Å². The summed E-state index contributed by atoms with van der Waals surface area (Å²) in [5.74, 6) is 0. The van der Waals surface area contributed by atoms with Gasteiger partial charge in [-0.3, -0.25) is 10.1 Å². The van der Waals surface area contributed by atoms with E-state index in [1.54, 1.807) is 18.2 Å². The second kappa shape index (κ2) is 5.23. The van der Waals surface area contributed by atoms with Crippen LogP contribution in [0.2, 0.25) is 0 Å². The lowest BCUT2D eigenvalue weighted by molar-refractivity contribution is -0.383. The highest BCUT2D eigenvalue weighted by atomic mass is 32.1. The van der Waals surface area contributed by atoms with E-state index >= 15 is 0 Å². The molecule has 0 saturated carbocycles. The molecule has 0 bridgehead atoms. The number of nitrogens with zero attached hydrogens (tertiary/aromatic N) is 2. The molecule has 0 aliphatic rings. The Bertz CT molecular complexity index is 880. The van der Waals surface area contributed by atoms with Gasteiger partial charge in [0.2, 0.25) is 0 Å². The molecule has 1 aromatic heterocycles. The third-order valence-electron chi connectivity index (χ3n) is 3.06. The number of nitro groups is 1. The first-order valence-corrected chi connectivity index (χ1v) is 6.94. The number of anilines is 2.